The van der Waals surface area contributed by atoms with Crippen molar-refractivity contribution < 1.29 is 14.1 Å². The van der Waals surface area contributed by atoms with Crippen molar-refractivity contribution in [2.24, 2.45) is 5.92 Å². The molecule has 3 aromatic heterocycles. The maximum Gasteiger partial charge on any atom is 0.264 e. The minimum atomic E-state index is -0.300. The molecule has 4 heterocycles. The Bertz CT molecular complexity index is 1080. The molecular formula is C24H27N5O3S. The van der Waals surface area contributed by atoms with Crippen LogP contribution in [-0.2, 0) is 4.79 Å². The second-order valence-electron chi connectivity index (χ2n) is 8.72. The Hall–Kier alpha value is -3.07. The number of aromatic nitrogens is 3. The summed E-state index contributed by atoms with van der Waals surface area (Å²) in [4.78, 5) is 38.0. The van der Waals surface area contributed by atoms with E-state index in [2.05, 4.69) is 20.4 Å². The third kappa shape index (κ3) is 4.68. The molecule has 1 aliphatic carbocycles. The van der Waals surface area contributed by atoms with Crippen molar-refractivity contribution in [3.8, 4) is 11.4 Å². The maximum atomic E-state index is 13.4. The van der Waals surface area contributed by atoms with Gasteiger partial charge in [-0.05, 0) is 49.3 Å². The molecule has 5 rings (SSSR count). The van der Waals surface area contributed by atoms with Gasteiger partial charge >= 0.3 is 0 Å². The summed E-state index contributed by atoms with van der Waals surface area (Å²) in [6.45, 7) is 1.33. The number of pyridine rings is 1. The number of carbonyl (C=O) groups excluding carboxylic acids is 2. The Labute approximate surface area is 196 Å². The van der Waals surface area contributed by atoms with E-state index in [4.69, 9.17) is 4.52 Å². The highest BCUT2D eigenvalue weighted by molar-refractivity contribution is 7.12. The highest BCUT2D eigenvalue weighted by Gasteiger charge is 2.45. The van der Waals surface area contributed by atoms with E-state index in [9.17, 15) is 9.59 Å². The number of amides is 2. The fourth-order valence-corrected chi connectivity index (χ4v) is 5.60. The molecule has 3 atom stereocenters. The normalized spacial score (nSPS) is 24.1. The van der Waals surface area contributed by atoms with Crippen LogP contribution in [0.5, 0.6) is 0 Å². The fraction of sp³-hybridized carbons (Fsp3) is 0.458. The van der Waals surface area contributed by atoms with Crippen molar-refractivity contribution in [2.75, 3.05) is 13.1 Å². The summed E-state index contributed by atoms with van der Waals surface area (Å²) in [5.74, 6) is 0.652. The van der Waals surface area contributed by atoms with Crippen molar-refractivity contribution in [3.63, 3.8) is 0 Å². The standard InChI is InChI=1S/C24H27N5O3S/c30-22-18-13-17(23-27-21(28-32-23)16-7-5-9-25-15-16)14-19(18)29(11-4-2-1-3-10-26-22)24(31)20-8-6-12-33-20/h5-9,12,15,17-19H,1-4,10-11,13-14H2,(H,26,30). The third-order valence-corrected chi connectivity index (χ3v) is 7.45. The molecule has 0 radical (unpaired) electrons. The molecule has 2 amide bonds. The van der Waals surface area contributed by atoms with Crippen LogP contribution in [0.3, 0.4) is 0 Å². The average Bonchev–Trinajstić information content (AvgIpc) is 3.60. The molecule has 9 heteroatoms. The molecule has 3 unspecified atom stereocenters. The highest BCUT2D eigenvalue weighted by atomic mass is 32.1. The number of thiophene rings is 1. The van der Waals surface area contributed by atoms with E-state index in [1.54, 1.807) is 12.4 Å². The van der Waals surface area contributed by atoms with Gasteiger partial charge in [0, 0.05) is 43.0 Å². The van der Waals surface area contributed by atoms with Gasteiger partial charge in [0.1, 0.15) is 0 Å². The van der Waals surface area contributed by atoms with Crippen LogP contribution in [0.25, 0.3) is 11.4 Å². The predicted molar refractivity (Wildman–Crippen MR) is 124 cm³/mol. The Morgan fingerprint density at radius 2 is 2.06 bits per heavy atom. The van der Waals surface area contributed by atoms with E-state index >= 15 is 0 Å². The van der Waals surface area contributed by atoms with Crippen molar-refractivity contribution in [1.29, 1.82) is 0 Å². The van der Waals surface area contributed by atoms with E-state index in [-0.39, 0.29) is 29.7 Å². The Morgan fingerprint density at radius 1 is 1.15 bits per heavy atom. The number of hydrogen-bond donors (Lipinski definition) is 1. The molecular weight excluding hydrogens is 438 g/mol. The monoisotopic (exact) mass is 465 g/mol. The minimum Gasteiger partial charge on any atom is -0.356 e. The number of nitrogens with one attached hydrogen (secondary N) is 1. The first kappa shape index (κ1) is 21.8. The molecule has 1 aliphatic heterocycles. The smallest absolute Gasteiger partial charge is 0.264 e. The number of hydrogen-bond acceptors (Lipinski definition) is 7. The quantitative estimate of drug-likeness (QED) is 0.630. The maximum absolute atomic E-state index is 13.4. The third-order valence-electron chi connectivity index (χ3n) is 6.59. The fourth-order valence-electron chi connectivity index (χ4n) is 4.92. The molecule has 3 aromatic rings. The van der Waals surface area contributed by atoms with Gasteiger partial charge < -0.3 is 14.7 Å². The van der Waals surface area contributed by atoms with Gasteiger partial charge in [0.05, 0.1) is 10.8 Å². The lowest BCUT2D eigenvalue weighted by atomic mass is 10.00. The molecule has 2 fully saturated rings. The van der Waals surface area contributed by atoms with Crippen LogP contribution >= 0.6 is 11.3 Å². The van der Waals surface area contributed by atoms with E-state index in [1.165, 1.54) is 11.3 Å². The Balaban J connectivity index is 1.43. The van der Waals surface area contributed by atoms with E-state index in [0.29, 0.717) is 42.5 Å². The summed E-state index contributed by atoms with van der Waals surface area (Å²) < 4.78 is 5.62. The number of rotatable bonds is 3. The van der Waals surface area contributed by atoms with Gasteiger partial charge in [0.25, 0.3) is 5.91 Å². The van der Waals surface area contributed by atoms with E-state index in [0.717, 1.165) is 31.2 Å². The number of carbonyl (C=O) groups is 2. The van der Waals surface area contributed by atoms with Crippen LogP contribution in [0, 0.1) is 5.92 Å². The molecule has 0 bridgehead atoms. The second-order valence-corrected chi connectivity index (χ2v) is 9.67. The van der Waals surface area contributed by atoms with E-state index < -0.39 is 0 Å². The molecule has 172 valence electrons. The summed E-state index contributed by atoms with van der Waals surface area (Å²) >= 11 is 1.44. The first-order valence-electron chi connectivity index (χ1n) is 11.6. The lowest BCUT2D eigenvalue weighted by Gasteiger charge is -2.32. The van der Waals surface area contributed by atoms with Crippen LogP contribution in [0.15, 0.2) is 46.6 Å². The average molecular weight is 466 g/mol. The van der Waals surface area contributed by atoms with Gasteiger partial charge in [-0.3, -0.25) is 14.6 Å². The van der Waals surface area contributed by atoms with Gasteiger partial charge in [-0.15, -0.1) is 11.3 Å². The first-order valence-corrected chi connectivity index (χ1v) is 12.4. The molecule has 8 nitrogen and oxygen atoms in total. The highest BCUT2D eigenvalue weighted by Crippen LogP contribution is 2.42. The molecule has 1 saturated heterocycles. The van der Waals surface area contributed by atoms with Gasteiger partial charge in [-0.1, -0.05) is 24.1 Å². The predicted octanol–water partition coefficient (Wildman–Crippen LogP) is 3.89. The van der Waals surface area contributed by atoms with Crippen LogP contribution in [0.1, 0.15) is 60.0 Å². The zero-order chi connectivity index (χ0) is 22.6. The molecule has 2 aliphatic rings. The topological polar surface area (TPSA) is 101 Å². The van der Waals surface area contributed by atoms with Crippen LogP contribution in [-0.4, -0.2) is 51.0 Å². The summed E-state index contributed by atoms with van der Waals surface area (Å²) in [5.41, 5.74) is 0.785. The van der Waals surface area contributed by atoms with Crippen LogP contribution < -0.4 is 5.32 Å². The molecule has 33 heavy (non-hydrogen) atoms. The molecule has 1 saturated carbocycles. The van der Waals surface area contributed by atoms with Crippen molar-refractivity contribution in [3.05, 3.63) is 52.8 Å². The number of fused-ring (bicyclic) bond motifs is 1. The Morgan fingerprint density at radius 3 is 2.88 bits per heavy atom. The van der Waals surface area contributed by atoms with Crippen molar-refractivity contribution in [1.82, 2.24) is 25.3 Å². The molecule has 0 spiro atoms. The van der Waals surface area contributed by atoms with Gasteiger partial charge in [-0.25, -0.2) is 0 Å². The van der Waals surface area contributed by atoms with Crippen LogP contribution in [0.4, 0.5) is 0 Å². The van der Waals surface area contributed by atoms with Gasteiger partial charge in [0.15, 0.2) is 0 Å². The first-order chi connectivity index (χ1) is 16.2. The lowest BCUT2D eigenvalue weighted by Crippen LogP contribution is -2.47. The van der Waals surface area contributed by atoms with Crippen molar-refractivity contribution >= 4 is 23.2 Å². The van der Waals surface area contributed by atoms with Gasteiger partial charge in [-0.2, -0.15) is 4.98 Å². The summed E-state index contributed by atoms with van der Waals surface area (Å²) in [6.07, 6.45) is 8.60. The van der Waals surface area contributed by atoms with Gasteiger partial charge in [0.2, 0.25) is 17.6 Å². The Kier molecular flexibility index (Phi) is 6.48. The van der Waals surface area contributed by atoms with E-state index in [1.807, 2.05) is 34.5 Å². The summed E-state index contributed by atoms with van der Waals surface area (Å²) in [6, 6.07) is 7.27. The lowest BCUT2D eigenvalue weighted by molar-refractivity contribution is -0.126. The second kappa shape index (κ2) is 9.82. The largest absolute Gasteiger partial charge is 0.356 e. The molecule has 1 N–H and O–H groups in total. The zero-order valence-corrected chi connectivity index (χ0v) is 19.2. The van der Waals surface area contributed by atoms with Crippen LogP contribution in [0.2, 0.25) is 0 Å². The summed E-state index contributed by atoms with van der Waals surface area (Å²) in [7, 11) is 0. The van der Waals surface area contributed by atoms with Crippen molar-refractivity contribution in [2.45, 2.75) is 50.5 Å². The molecule has 0 aromatic carbocycles. The SMILES string of the molecule is O=C1NCCCCCCN(C(=O)c2cccs2)C2CC(c3nc(-c4cccnc4)no3)CC12. The summed E-state index contributed by atoms with van der Waals surface area (Å²) in [5, 5.41) is 9.15. The number of nitrogens with zero attached hydrogens (tertiary/aromatic N) is 4. The minimum absolute atomic E-state index is 0.00859. The zero-order valence-electron chi connectivity index (χ0n) is 18.4.